The maximum absolute atomic E-state index is 11.9. The fourth-order valence-electron chi connectivity index (χ4n) is 1.44. The van der Waals surface area contributed by atoms with Gasteiger partial charge in [-0.2, -0.15) is 0 Å². The zero-order valence-corrected chi connectivity index (χ0v) is 10.3. The van der Waals surface area contributed by atoms with Crippen LogP contribution in [0.25, 0.3) is 6.08 Å². The molecule has 2 aromatic rings. The Hall–Kier alpha value is -2.96. The van der Waals surface area contributed by atoms with Crippen LogP contribution in [0.4, 0.5) is 0 Å². The fourth-order valence-corrected chi connectivity index (χ4v) is 1.44. The molecule has 0 saturated carbocycles. The second-order valence-electron chi connectivity index (χ2n) is 3.84. The van der Waals surface area contributed by atoms with Gasteiger partial charge < -0.3 is 14.9 Å². The van der Waals surface area contributed by atoms with Crippen LogP contribution in [-0.2, 0) is 11.3 Å². The highest BCUT2D eigenvalue weighted by molar-refractivity contribution is 5.94. The van der Waals surface area contributed by atoms with Crippen molar-refractivity contribution in [3.63, 3.8) is 0 Å². The third kappa shape index (κ3) is 3.77. The Morgan fingerprint density at radius 1 is 1.40 bits per heavy atom. The van der Waals surface area contributed by atoms with Crippen LogP contribution >= 0.6 is 0 Å². The summed E-state index contributed by atoms with van der Waals surface area (Å²) in [6.45, 7) is 0.216. The quantitative estimate of drug-likeness (QED) is 0.790. The lowest BCUT2D eigenvalue weighted by Gasteiger charge is -2.03. The highest BCUT2D eigenvalue weighted by Gasteiger charge is 2.07. The Morgan fingerprint density at radius 2 is 2.25 bits per heavy atom. The molecule has 2 N–H and O–H groups in total. The van der Waals surface area contributed by atoms with E-state index in [0.29, 0.717) is 16.9 Å². The van der Waals surface area contributed by atoms with Crippen LogP contribution in [-0.4, -0.2) is 27.1 Å². The molecule has 2 aromatic heterocycles. The Bertz CT molecular complexity index is 635. The predicted molar refractivity (Wildman–Crippen MR) is 68.6 cm³/mol. The Morgan fingerprint density at radius 3 is 2.95 bits per heavy atom. The molecule has 7 heteroatoms. The topological polar surface area (TPSA) is 105 Å². The van der Waals surface area contributed by atoms with Gasteiger partial charge in [0.1, 0.15) is 0 Å². The van der Waals surface area contributed by atoms with Crippen molar-refractivity contribution in [2.24, 2.45) is 0 Å². The summed E-state index contributed by atoms with van der Waals surface area (Å²) in [7, 11) is 0. The number of carbonyl (C=O) groups is 2. The van der Waals surface area contributed by atoms with Crippen LogP contribution in [0.5, 0.6) is 0 Å². The first-order valence-corrected chi connectivity index (χ1v) is 5.69. The van der Waals surface area contributed by atoms with Gasteiger partial charge in [0.05, 0.1) is 18.3 Å². The van der Waals surface area contributed by atoms with Gasteiger partial charge in [0, 0.05) is 24.5 Å². The van der Waals surface area contributed by atoms with Gasteiger partial charge in [0.15, 0.2) is 5.76 Å². The van der Waals surface area contributed by atoms with Crippen LogP contribution in [0.1, 0.15) is 21.7 Å². The summed E-state index contributed by atoms with van der Waals surface area (Å²) < 4.78 is 4.85. The summed E-state index contributed by atoms with van der Waals surface area (Å²) in [5, 5.41) is 14.7. The molecule has 0 aliphatic carbocycles. The van der Waals surface area contributed by atoms with E-state index in [1.165, 1.54) is 24.7 Å². The molecule has 0 unspecified atom stereocenters. The van der Waals surface area contributed by atoms with E-state index < -0.39 is 5.97 Å². The standard InChI is InChI=1S/C13H11N3O4/c17-12(18)2-1-9-5-10(7-14-6-9)13(19)15-8-11-3-4-16-20-11/h1-7H,8H2,(H,15,19)(H,17,18)/b2-1+. The fraction of sp³-hybridized carbons (Fsp3) is 0.0769. The number of hydrogen-bond donors (Lipinski definition) is 2. The van der Waals surface area contributed by atoms with Crippen molar-refractivity contribution in [2.75, 3.05) is 0 Å². The predicted octanol–water partition coefficient (Wildman–Crippen LogP) is 1.10. The average Bonchev–Trinajstić information content (AvgIpc) is 2.96. The van der Waals surface area contributed by atoms with Crippen LogP contribution in [0.2, 0.25) is 0 Å². The van der Waals surface area contributed by atoms with Crippen molar-refractivity contribution in [3.8, 4) is 0 Å². The zero-order chi connectivity index (χ0) is 14.4. The van der Waals surface area contributed by atoms with E-state index >= 15 is 0 Å². The van der Waals surface area contributed by atoms with E-state index in [1.54, 1.807) is 12.1 Å². The summed E-state index contributed by atoms with van der Waals surface area (Å²) in [5.74, 6) is -0.863. The lowest BCUT2D eigenvalue weighted by Crippen LogP contribution is -2.22. The lowest BCUT2D eigenvalue weighted by molar-refractivity contribution is -0.131. The largest absolute Gasteiger partial charge is 0.478 e. The molecule has 0 radical (unpaired) electrons. The van der Waals surface area contributed by atoms with Crippen molar-refractivity contribution < 1.29 is 19.2 Å². The van der Waals surface area contributed by atoms with Crippen molar-refractivity contribution in [1.82, 2.24) is 15.5 Å². The number of nitrogens with one attached hydrogen (secondary N) is 1. The Kier molecular flexibility index (Phi) is 4.23. The summed E-state index contributed by atoms with van der Waals surface area (Å²) in [5.41, 5.74) is 0.858. The van der Waals surface area contributed by atoms with E-state index in [1.807, 2.05) is 0 Å². The molecule has 7 nitrogen and oxygen atoms in total. The minimum atomic E-state index is -1.06. The minimum Gasteiger partial charge on any atom is -0.478 e. The van der Waals surface area contributed by atoms with Gasteiger partial charge in [-0.05, 0) is 17.7 Å². The van der Waals surface area contributed by atoms with Gasteiger partial charge in [-0.3, -0.25) is 9.78 Å². The van der Waals surface area contributed by atoms with E-state index in [2.05, 4.69) is 15.5 Å². The van der Waals surface area contributed by atoms with Gasteiger partial charge in [-0.15, -0.1) is 0 Å². The summed E-state index contributed by atoms with van der Waals surface area (Å²) >= 11 is 0. The SMILES string of the molecule is O=C(O)/C=C/c1cncc(C(=O)NCc2ccno2)c1. The smallest absolute Gasteiger partial charge is 0.328 e. The molecule has 20 heavy (non-hydrogen) atoms. The summed E-state index contributed by atoms with van der Waals surface area (Å²) in [6, 6.07) is 3.19. The first-order chi connectivity index (χ1) is 9.65. The number of nitrogens with zero attached hydrogens (tertiary/aromatic N) is 2. The third-order valence-electron chi connectivity index (χ3n) is 2.35. The molecule has 0 atom stereocenters. The number of rotatable bonds is 5. The molecular formula is C13H11N3O4. The first kappa shape index (κ1) is 13.5. The Labute approximate surface area is 113 Å². The second-order valence-corrected chi connectivity index (χ2v) is 3.84. The van der Waals surface area contributed by atoms with Gasteiger partial charge in [-0.25, -0.2) is 4.79 Å². The monoisotopic (exact) mass is 273 g/mol. The van der Waals surface area contributed by atoms with E-state index in [-0.39, 0.29) is 12.5 Å². The molecule has 2 heterocycles. The van der Waals surface area contributed by atoms with Gasteiger partial charge in [-0.1, -0.05) is 5.16 Å². The molecule has 102 valence electrons. The van der Waals surface area contributed by atoms with Crippen molar-refractivity contribution >= 4 is 18.0 Å². The highest BCUT2D eigenvalue weighted by Crippen LogP contribution is 2.05. The first-order valence-electron chi connectivity index (χ1n) is 5.69. The average molecular weight is 273 g/mol. The van der Waals surface area contributed by atoms with Crippen LogP contribution in [0.15, 0.2) is 41.3 Å². The maximum Gasteiger partial charge on any atom is 0.328 e. The molecule has 0 fully saturated rings. The Balaban J connectivity index is 2.02. The number of hydrogen-bond acceptors (Lipinski definition) is 5. The number of aromatic nitrogens is 2. The second kappa shape index (κ2) is 6.28. The number of pyridine rings is 1. The maximum atomic E-state index is 11.9. The molecule has 0 aromatic carbocycles. The van der Waals surface area contributed by atoms with E-state index in [0.717, 1.165) is 6.08 Å². The van der Waals surface area contributed by atoms with Crippen LogP contribution < -0.4 is 5.32 Å². The van der Waals surface area contributed by atoms with Crippen LogP contribution in [0, 0.1) is 0 Å². The molecule has 0 aliphatic rings. The third-order valence-corrected chi connectivity index (χ3v) is 2.35. The molecule has 0 aliphatic heterocycles. The van der Waals surface area contributed by atoms with E-state index in [4.69, 9.17) is 9.63 Å². The summed E-state index contributed by atoms with van der Waals surface area (Å²) in [6.07, 6.45) is 6.69. The van der Waals surface area contributed by atoms with Gasteiger partial charge in [0.2, 0.25) is 0 Å². The zero-order valence-electron chi connectivity index (χ0n) is 10.3. The molecule has 0 saturated heterocycles. The molecular weight excluding hydrogens is 262 g/mol. The molecule has 2 rings (SSSR count). The number of carboxylic acid groups (broad SMARTS) is 1. The number of aliphatic carboxylic acids is 1. The minimum absolute atomic E-state index is 0.216. The van der Waals surface area contributed by atoms with Crippen molar-refractivity contribution in [3.05, 3.63) is 53.7 Å². The molecule has 0 spiro atoms. The van der Waals surface area contributed by atoms with E-state index in [9.17, 15) is 9.59 Å². The number of carboxylic acids is 1. The molecule has 1 amide bonds. The number of carbonyl (C=O) groups excluding carboxylic acids is 1. The number of amides is 1. The van der Waals surface area contributed by atoms with Crippen molar-refractivity contribution in [2.45, 2.75) is 6.54 Å². The van der Waals surface area contributed by atoms with Crippen LogP contribution in [0.3, 0.4) is 0 Å². The summed E-state index contributed by atoms with van der Waals surface area (Å²) in [4.78, 5) is 26.2. The van der Waals surface area contributed by atoms with Gasteiger partial charge >= 0.3 is 5.97 Å². The molecule has 0 bridgehead atoms. The van der Waals surface area contributed by atoms with Crippen molar-refractivity contribution in [1.29, 1.82) is 0 Å². The normalized spacial score (nSPS) is 10.6. The van der Waals surface area contributed by atoms with Gasteiger partial charge in [0.25, 0.3) is 5.91 Å². The lowest BCUT2D eigenvalue weighted by atomic mass is 10.2. The highest BCUT2D eigenvalue weighted by atomic mass is 16.5.